The number of rotatable bonds is 9. The number of amides is 2. The Kier molecular flexibility index (Phi) is 7.68. The van der Waals surface area contributed by atoms with E-state index < -0.39 is 0 Å². The van der Waals surface area contributed by atoms with Crippen LogP contribution in [-0.2, 0) is 4.79 Å². The van der Waals surface area contributed by atoms with E-state index in [2.05, 4.69) is 10.6 Å². The van der Waals surface area contributed by atoms with Crippen LogP contribution in [0, 0.1) is 13.8 Å². The van der Waals surface area contributed by atoms with Crippen molar-refractivity contribution in [3.63, 3.8) is 0 Å². The molecule has 0 saturated heterocycles. The SMILES string of the molecule is Cc1ccc(C(=O)NCCNC(=O)CCCOc2ccccc2C)cc1. The van der Waals surface area contributed by atoms with Crippen LogP contribution in [0.3, 0.4) is 0 Å². The van der Waals surface area contributed by atoms with Crippen LogP contribution in [0.5, 0.6) is 5.75 Å². The summed E-state index contributed by atoms with van der Waals surface area (Å²) in [6.07, 6.45) is 1.05. The van der Waals surface area contributed by atoms with Crippen molar-refractivity contribution < 1.29 is 14.3 Å². The van der Waals surface area contributed by atoms with Crippen molar-refractivity contribution in [3.05, 3.63) is 65.2 Å². The Bertz CT molecular complexity index is 726. The van der Waals surface area contributed by atoms with E-state index >= 15 is 0 Å². The maximum atomic E-state index is 11.9. The van der Waals surface area contributed by atoms with Crippen molar-refractivity contribution in [2.24, 2.45) is 0 Å². The van der Waals surface area contributed by atoms with Gasteiger partial charge in [0.2, 0.25) is 5.91 Å². The minimum absolute atomic E-state index is 0.0389. The highest BCUT2D eigenvalue weighted by atomic mass is 16.5. The van der Waals surface area contributed by atoms with Gasteiger partial charge in [-0.2, -0.15) is 0 Å². The summed E-state index contributed by atoms with van der Waals surface area (Å²) >= 11 is 0. The fraction of sp³-hybridized carbons (Fsp3) is 0.333. The second kappa shape index (κ2) is 10.2. The molecule has 0 atom stereocenters. The smallest absolute Gasteiger partial charge is 0.251 e. The van der Waals surface area contributed by atoms with E-state index in [9.17, 15) is 9.59 Å². The van der Waals surface area contributed by atoms with Crippen molar-refractivity contribution in [1.29, 1.82) is 0 Å². The normalized spacial score (nSPS) is 10.2. The van der Waals surface area contributed by atoms with Crippen molar-refractivity contribution in [2.75, 3.05) is 19.7 Å². The van der Waals surface area contributed by atoms with Crippen LogP contribution in [0.1, 0.15) is 34.3 Å². The van der Waals surface area contributed by atoms with Crippen LogP contribution < -0.4 is 15.4 Å². The molecule has 2 rings (SSSR count). The molecule has 2 aromatic carbocycles. The molecule has 2 aromatic rings. The fourth-order valence-corrected chi connectivity index (χ4v) is 2.41. The first-order chi connectivity index (χ1) is 12.6. The van der Waals surface area contributed by atoms with Crippen LogP contribution in [-0.4, -0.2) is 31.5 Å². The molecule has 5 heteroatoms. The highest BCUT2D eigenvalue weighted by Crippen LogP contribution is 2.16. The van der Waals surface area contributed by atoms with Gasteiger partial charge in [-0.05, 0) is 44.0 Å². The third kappa shape index (κ3) is 6.59. The lowest BCUT2D eigenvalue weighted by molar-refractivity contribution is -0.121. The first-order valence-corrected chi connectivity index (χ1v) is 8.86. The number of ether oxygens (including phenoxy) is 1. The van der Waals surface area contributed by atoms with Crippen molar-refractivity contribution in [3.8, 4) is 5.75 Å². The highest BCUT2D eigenvalue weighted by Gasteiger charge is 2.05. The van der Waals surface area contributed by atoms with Crippen molar-refractivity contribution >= 4 is 11.8 Å². The zero-order valence-electron chi connectivity index (χ0n) is 15.4. The monoisotopic (exact) mass is 354 g/mol. The Morgan fingerprint density at radius 2 is 1.62 bits per heavy atom. The van der Waals surface area contributed by atoms with Crippen LogP contribution in [0.2, 0.25) is 0 Å². The molecule has 0 saturated carbocycles. The van der Waals surface area contributed by atoms with Gasteiger partial charge in [-0.15, -0.1) is 0 Å². The van der Waals surface area contributed by atoms with Gasteiger partial charge in [-0.1, -0.05) is 35.9 Å². The lowest BCUT2D eigenvalue weighted by Crippen LogP contribution is -2.34. The van der Waals surface area contributed by atoms with E-state index in [-0.39, 0.29) is 11.8 Å². The topological polar surface area (TPSA) is 67.4 Å². The van der Waals surface area contributed by atoms with Gasteiger partial charge in [0, 0.05) is 25.1 Å². The summed E-state index contributed by atoms with van der Waals surface area (Å²) in [6.45, 7) is 5.28. The molecule has 2 N–H and O–H groups in total. The van der Waals surface area contributed by atoms with Gasteiger partial charge in [0.15, 0.2) is 0 Å². The number of nitrogens with one attached hydrogen (secondary N) is 2. The molecule has 0 fully saturated rings. The van der Waals surface area contributed by atoms with Crippen LogP contribution in [0.25, 0.3) is 0 Å². The van der Waals surface area contributed by atoms with Crippen molar-refractivity contribution in [2.45, 2.75) is 26.7 Å². The minimum Gasteiger partial charge on any atom is -0.493 e. The second-order valence-electron chi connectivity index (χ2n) is 6.19. The number of carbonyl (C=O) groups is 2. The largest absolute Gasteiger partial charge is 0.493 e. The minimum atomic E-state index is -0.133. The molecule has 0 heterocycles. The molecule has 2 amide bonds. The number of para-hydroxylation sites is 1. The zero-order chi connectivity index (χ0) is 18.8. The number of hydrogen-bond donors (Lipinski definition) is 2. The average molecular weight is 354 g/mol. The first-order valence-electron chi connectivity index (χ1n) is 8.86. The predicted octanol–water partition coefficient (Wildman–Crippen LogP) is 3.01. The van der Waals surface area contributed by atoms with Crippen LogP contribution >= 0.6 is 0 Å². The number of benzene rings is 2. The van der Waals surface area contributed by atoms with Gasteiger partial charge in [-0.25, -0.2) is 0 Å². The summed E-state index contributed by atoms with van der Waals surface area (Å²) in [6, 6.07) is 15.2. The zero-order valence-corrected chi connectivity index (χ0v) is 15.4. The Morgan fingerprint density at radius 1 is 0.923 bits per heavy atom. The van der Waals surface area contributed by atoms with Gasteiger partial charge < -0.3 is 15.4 Å². The Morgan fingerprint density at radius 3 is 2.35 bits per heavy atom. The molecule has 0 bridgehead atoms. The molecule has 0 aromatic heterocycles. The van der Waals surface area contributed by atoms with E-state index in [4.69, 9.17) is 4.74 Å². The molecule has 0 spiro atoms. The van der Waals surface area contributed by atoms with E-state index in [1.54, 1.807) is 12.1 Å². The van der Waals surface area contributed by atoms with Gasteiger partial charge in [0.25, 0.3) is 5.91 Å². The lowest BCUT2D eigenvalue weighted by atomic mass is 10.1. The predicted molar refractivity (Wildman–Crippen MR) is 102 cm³/mol. The molecular weight excluding hydrogens is 328 g/mol. The molecule has 0 radical (unpaired) electrons. The number of carbonyl (C=O) groups excluding carboxylic acids is 2. The summed E-state index contributed by atoms with van der Waals surface area (Å²) < 4.78 is 5.66. The first kappa shape index (κ1) is 19.5. The van der Waals surface area contributed by atoms with Crippen LogP contribution in [0.15, 0.2) is 48.5 Å². The van der Waals surface area contributed by atoms with Gasteiger partial charge in [0.05, 0.1) is 6.61 Å². The number of hydrogen-bond acceptors (Lipinski definition) is 3. The Balaban J connectivity index is 1.55. The molecule has 5 nitrogen and oxygen atoms in total. The lowest BCUT2D eigenvalue weighted by Gasteiger charge is -2.09. The van der Waals surface area contributed by atoms with Gasteiger partial charge in [-0.3, -0.25) is 9.59 Å². The summed E-state index contributed by atoms with van der Waals surface area (Å²) in [5, 5.41) is 5.59. The van der Waals surface area contributed by atoms with E-state index in [1.165, 1.54) is 0 Å². The third-order valence-electron chi connectivity index (χ3n) is 3.95. The average Bonchev–Trinajstić information content (AvgIpc) is 2.64. The van der Waals surface area contributed by atoms with Crippen LogP contribution in [0.4, 0.5) is 0 Å². The molecule has 0 aliphatic carbocycles. The second-order valence-corrected chi connectivity index (χ2v) is 6.19. The fourth-order valence-electron chi connectivity index (χ4n) is 2.41. The van der Waals surface area contributed by atoms with E-state index in [1.807, 2.05) is 50.2 Å². The molecule has 0 aliphatic heterocycles. The van der Waals surface area contributed by atoms with Crippen molar-refractivity contribution in [1.82, 2.24) is 10.6 Å². The van der Waals surface area contributed by atoms with E-state index in [0.29, 0.717) is 38.1 Å². The molecule has 26 heavy (non-hydrogen) atoms. The summed E-state index contributed by atoms with van der Waals surface area (Å²) in [5.41, 5.74) is 2.82. The summed E-state index contributed by atoms with van der Waals surface area (Å²) in [4.78, 5) is 23.7. The summed E-state index contributed by atoms with van der Waals surface area (Å²) in [7, 11) is 0. The number of aryl methyl sites for hydroxylation is 2. The maximum absolute atomic E-state index is 11.9. The maximum Gasteiger partial charge on any atom is 0.251 e. The van der Waals surface area contributed by atoms with Gasteiger partial charge >= 0.3 is 0 Å². The molecule has 138 valence electrons. The molecule has 0 aliphatic rings. The molecule has 0 unspecified atom stereocenters. The summed E-state index contributed by atoms with van der Waals surface area (Å²) in [5.74, 6) is 0.681. The highest BCUT2D eigenvalue weighted by molar-refractivity contribution is 5.94. The van der Waals surface area contributed by atoms with E-state index in [0.717, 1.165) is 16.9 Å². The Labute approximate surface area is 154 Å². The molecular formula is C21H26N2O3. The third-order valence-corrected chi connectivity index (χ3v) is 3.95. The Hall–Kier alpha value is -2.82. The standard InChI is InChI=1S/C21H26N2O3/c1-16-9-11-18(12-10-16)21(25)23-14-13-22-20(24)8-5-15-26-19-7-4-3-6-17(19)2/h3-4,6-7,9-12H,5,8,13-15H2,1-2H3,(H,22,24)(H,23,25). The quantitative estimate of drug-likeness (QED) is 0.680. The van der Waals surface area contributed by atoms with Gasteiger partial charge in [0.1, 0.15) is 5.75 Å².